The zero-order valence-corrected chi connectivity index (χ0v) is 12.7. The monoisotopic (exact) mass is 308 g/mol. The highest BCUT2D eigenvalue weighted by Crippen LogP contribution is 2.26. The maximum Gasteiger partial charge on any atom is 0.253 e. The highest BCUT2D eigenvalue weighted by Gasteiger charge is 2.11. The third kappa shape index (κ3) is 3.92. The number of hydrogen-bond acceptors (Lipinski definition) is 3. The van der Waals surface area contributed by atoms with E-state index in [-0.39, 0.29) is 5.95 Å². The van der Waals surface area contributed by atoms with Crippen molar-refractivity contribution >= 4 is 35.5 Å². The van der Waals surface area contributed by atoms with E-state index in [4.69, 9.17) is 23.2 Å². The van der Waals surface area contributed by atoms with Crippen LogP contribution in [0.15, 0.2) is 35.3 Å². The molecule has 104 valence electrons. The van der Waals surface area contributed by atoms with Gasteiger partial charge in [-0.25, -0.2) is 4.99 Å². The van der Waals surface area contributed by atoms with Gasteiger partial charge in [0, 0.05) is 26.1 Å². The van der Waals surface area contributed by atoms with Crippen LogP contribution in [0.1, 0.15) is 11.1 Å². The van der Waals surface area contributed by atoms with Crippen LogP contribution in [0.5, 0.6) is 0 Å². The van der Waals surface area contributed by atoms with Crippen molar-refractivity contribution < 1.29 is 0 Å². The van der Waals surface area contributed by atoms with Gasteiger partial charge in [0.15, 0.2) is 0 Å². The molecule has 1 heterocycles. The highest BCUT2D eigenvalue weighted by molar-refractivity contribution is 6.34. The van der Waals surface area contributed by atoms with Gasteiger partial charge >= 0.3 is 0 Å². The van der Waals surface area contributed by atoms with Crippen molar-refractivity contribution in [2.75, 3.05) is 14.1 Å². The normalized spacial score (nSPS) is 11.0. The van der Waals surface area contributed by atoms with Crippen LogP contribution in [-0.2, 0) is 6.42 Å². The van der Waals surface area contributed by atoms with Crippen molar-refractivity contribution in [1.82, 2.24) is 14.9 Å². The van der Waals surface area contributed by atoms with Crippen LogP contribution in [0.25, 0.3) is 0 Å². The van der Waals surface area contributed by atoms with Crippen LogP contribution in [-0.4, -0.2) is 35.3 Å². The summed E-state index contributed by atoms with van der Waals surface area (Å²) in [7, 11) is 3.72. The van der Waals surface area contributed by atoms with Gasteiger partial charge in [-0.15, -0.1) is 0 Å². The molecular weight excluding hydrogens is 295 g/mol. The second-order valence-electron chi connectivity index (χ2n) is 4.45. The molecule has 0 aliphatic carbocycles. The molecule has 20 heavy (non-hydrogen) atoms. The lowest BCUT2D eigenvalue weighted by molar-refractivity contribution is 0.642. The van der Waals surface area contributed by atoms with Gasteiger partial charge in [0.25, 0.3) is 5.95 Å². The summed E-state index contributed by atoms with van der Waals surface area (Å²) in [5, 5.41) is 0.666. The molecule has 0 atom stereocenters. The Labute approximate surface area is 128 Å². The summed E-state index contributed by atoms with van der Waals surface area (Å²) in [6, 6.07) is 9.90. The predicted molar refractivity (Wildman–Crippen MR) is 83.1 cm³/mol. The van der Waals surface area contributed by atoms with Gasteiger partial charge in [-0.2, -0.15) is 9.97 Å². The van der Waals surface area contributed by atoms with Crippen LogP contribution in [0.2, 0.25) is 10.3 Å². The molecule has 2 aromatic rings. The molecular formula is C14H14Cl2N4. The molecule has 0 unspecified atom stereocenters. The molecule has 0 aliphatic heterocycles. The second-order valence-corrected chi connectivity index (χ2v) is 5.17. The van der Waals surface area contributed by atoms with E-state index in [9.17, 15) is 0 Å². The van der Waals surface area contributed by atoms with Crippen molar-refractivity contribution in [3.63, 3.8) is 0 Å². The molecule has 1 aromatic carbocycles. The van der Waals surface area contributed by atoms with Gasteiger partial charge in [0.1, 0.15) is 10.3 Å². The Balaban J connectivity index is 2.27. The van der Waals surface area contributed by atoms with E-state index < -0.39 is 0 Å². The third-order valence-corrected chi connectivity index (χ3v) is 3.15. The molecule has 1 aromatic heterocycles. The molecule has 0 saturated carbocycles. The topological polar surface area (TPSA) is 41.4 Å². The van der Waals surface area contributed by atoms with Crippen LogP contribution >= 0.6 is 23.2 Å². The van der Waals surface area contributed by atoms with Gasteiger partial charge in [-0.1, -0.05) is 53.5 Å². The standard InChI is InChI=1S/C14H14Cl2N4/c1-20(2)9-17-14-18-12(15)11(13(16)19-14)8-10-6-4-3-5-7-10/h3-7,9H,8H2,1-2H3. The number of halogens is 2. The quantitative estimate of drug-likeness (QED) is 0.492. The van der Waals surface area contributed by atoms with E-state index >= 15 is 0 Å². The predicted octanol–water partition coefficient (Wildman–Crippen LogP) is 3.60. The van der Waals surface area contributed by atoms with Gasteiger partial charge in [-0.3, -0.25) is 0 Å². The maximum atomic E-state index is 6.18. The Hall–Kier alpha value is -1.65. The molecule has 0 spiro atoms. The molecule has 0 radical (unpaired) electrons. The first kappa shape index (κ1) is 14.8. The van der Waals surface area contributed by atoms with Crippen LogP contribution in [0, 0.1) is 0 Å². The second kappa shape index (κ2) is 6.68. The van der Waals surface area contributed by atoms with Gasteiger partial charge in [0.05, 0.1) is 6.34 Å². The summed E-state index contributed by atoms with van der Waals surface area (Å²) in [5.74, 6) is 0.255. The molecule has 4 nitrogen and oxygen atoms in total. The molecule has 0 fully saturated rings. The van der Waals surface area contributed by atoms with Crippen molar-refractivity contribution in [2.24, 2.45) is 4.99 Å². The number of benzene rings is 1. The lowest BCUT2D eigenvalue weighted by Gasteiger charge is -2.07. The molecule has 2 rings (SSSR count). The highest BCUT2D eigenvalue weighted by atomic mass is 35.5. The van der Waals surface area contributed by atoms with Gasteiger partial charge < -0.3 is 4.90 Å². The fourth-order valence-corrected chi connectivity index (χ4v) is 2.10. The average Bonchev–Trinajstić information content (AvgIpc) is 2.42. The third-order valence-electron chi connectivity index (χ3n) is 2.52. The van der Waals surface area contributed by atoms with E-state index in [1.165, 1.54) is 0 Å². The smallest absolute Gasteiger partial charge is 0.253 e. The summed E-state index contributed by atoms with van der Waals surface area (Å²) < 4.78 is 0. The average molecular weight is 309 g/mol. The summed E-state index contributed by atoms with van der Waals surface area (Å²) in [4.78, 5) is 14.2. The summed E-state index contributed by atoms with van der Waals surface area (Å²) >= 11 is 12.4. The van der Waals surface area contributed by atoms with Gasteiger partial charge in [0.2, 0.25) is 0 Å². The Kier molecular flexibility index (Phi) is 4.93. The van der Waals surface area contributed by atoms with E-state index in [1.807, 2.05) is 44.4 Å². The van der Waals surface area contributed by atoms with Crippen molar-refractivity contribution in [1.29, 1.82) is 0 Å². The SMILES string of the molecule is CN(C)C=Nc1nc(Cl)c(Cc2ccccc2)c(Cl)n1. The van der Waals surface area contributed by atoms with Crippen LogP contribution in [0.4, 0.5) is 5.95 Å². The van der Waals surface area contributed by atoms with E-state index in [1.54, 1.807) is 11.2 Å². The van der Waals surface area contributed by atoms with Crippen molar-refractivity contribution in [2.45, 2.75) is 6.42 Å². The molecule has 0 amide bonds. The fraction of sp³-hybridized carbons (Fsp3) is 0.214. The molecule has 0 saturated heterocycles. The molecule has 0 aliphatic rings. The molecule has 6 heteroatoms. The first-order valence-corrected chi connectivity index (χ1v) is 6.78. The molecule has 0 bridgehead atoms. The maximum absolute atomic E-state index is 6.18. The number of hydrogen-bond donors (Lipinski definition) is 0. The Morgan fingerprint density at radius 2 is 1.70 bits per heavy atom. The Morgan fingerprint density at radius 1 is 1.10 bits per heavy atom. The number of aliphatic imine (C=N–C) groups is 1. The van der Waals surface area contributed by atoms with Crippen LogP contribution < -0.4 is 0 Å². The minimum absolute atomic E-state index is 0.255. The first-order valence-electron chi connectivity index (χ1n) is 6.02. The zero-order chi connectivity index (χ0) is 14.5. The number of nitrogens with zero attached hydrogens (tertiary/aromatic N) is 4. The minimum Gasteiger partial charge on any atom is -0.369 e. The molecule has 0 N–H and O–H groups in total. The Morgan fingerprint density at radius 3 is 2.25 bits per heavy atom. The van der Waals surface area contributed by atoms with Gasteiger partial charge in [-0.05, 0) is 5.56 Å². The summed E-state index contributed by atoms with van der Waals surface area (Å²) in [6.45, 7) is 0. The Bertz CT molecular complexity index is 589. The lowest BCUT2D eigenvalue weighted by Crippen LogP contribution is -2.07. The zero-order valence-electron chi connectivity index (χ0n) is 11.2. The number of rotatable bonds is 4. The van der Waals surface area contributed by atoms with E-state index in [2.05, 4.69) is 15.0 Å². The lowest BCUT2D eigenvalue weighted by atomic mass is 10.1. The van der Waals surface area contributed by atoms with Crippen molar-refractivity contribution in [3.8, 4) is 0 Å². The van der Waals surface area contributed by atoms with E-state index in [0.717, 1.165) is 5.56 Å². The van der Waals surface area contributed by atoms with Crippen LogP contribution in [0.3, 0.4) is 0 Å². The summed E-state index contributed by atoms with van der Waals surface area (Å²) in [5.41, 5.74) is 1.81. The van der Waals surface area contributed by atoms with E-state index in [0.29, 0.717) is 22.3 Å². The van der Waals surface area contributed by atoms with Crippen molar-refractivity contribution in [3.05, 3.63) is 51.8 Å². The fourth-order valence-electron chi connectivity index (χ4n) is 1.59. The number of aromatic nitrogens is 2. The largest absolute Gasteiger partial charge is 0.369 e. The summed E-state index contributed by atoms with van der Waals surface area (Å²) in [6.07, 6.45) is 2.19. The minimum atomic E-state index is 0.255. The first-order chi connectivity index (χ1) is 9.56.